The molecule has 0 fully saturated rings. The summed E-state index contributed by atoms with van der Waals surface area (Å²) in [5.74, 6) is -0.678. The van der Waals surface area contributed by atoms with Gasteiger partial charge in [-0.3, -0.25) is 4.79 Å². The predicted octanol–water partition coefficient (Wildman–Crippen LogP) is -0.302. The Kier molecular flexibility index (Phi) is 3.07. The molecule has 0 saturated carbocycles. The number of rotatable bonds is 2. The van der Waals surface area contributed by atoms with Gasteiger partial charge in [-0.05, 0) is 0 Å². The third kappa shape index (κ3) is 2.78. The highest BCUT2D eigenvalue weighted by atomic mass is 16.3. The van der Waals surface area contributed by atoms with Crippen molar-refractivity contribution in [3.05, 3.63) is 4.91 Å². The number of nitriles is 1. The van der Waals surface area contributed by atoms with Gasteiger partial charge < -0.3 is 0 Å². The summed E-state index contributed by atoms with van der Waals surface area (Å²) in [7, 11) is 0. The molecule has 1 amide bonds. The molecule has 0 bridgehead atoms. The molecule has 0 rings (SSSR count). The van der Waals surface area contributed by atoms with E-state index in [1.807, 2.05) is 0 Å². The zero-order valence-corrected chi connectivity index (χ0v) is 3.92. The fourth-order valence-corrected chi connectivity index (χ4v) is 0.162. The van der Waals surface area contributed by atoms with Crippen LogP contribution in [-0.4, -0.2) is 5.91 Å². The van der Waals surface area contributed by atoms with E-state index in [9.17, 15) is 9.70 Å². The molecule has 0 unspecified atom stereocenters. The second-order valence-corrected chi connectivity index (χ2v) is 0.961. The van der Waals surface area contributed by atoms with Crippen LogP contribution in [0.15, 0.2) is 5.29 Å². The molecule has 0 aromatic rings. The summed E-state index contributed by atoms with van der Waals surface area (Å²) >= 11 is 0. The van der Waals surface area contributed by atoms with Crippen molar-refractivity contribution in [3.8, 4) is 6.07 Å². The fraction of sp³-hybridized carbons (Fsp3) is 0.333. The highest BCUT2D eigenvalue weighted by Crippen LogP contribution is 1.72. The molecule has 0 aromatic carbocycles. The molecule has 0 aliphatic carbocycles. The Hall–Kier alpha value is -1.44. The van der Waals surface area contributed by atoms with Crippen molar-refractivity contribution in [2.45, 2.75) is 6.42 Å². The van der Waals surface area contributed by atoms with Gasteiger partial charge >= 0.3 is 0 Å². The number of nitrogens with zero attached hydrogens (tertiary/aromatic N) is 2. The average Bonchev–Trinajstić information content (AvgIpc) is 1.68. The van der Waals surface area contributed by atoms with Crippen LogP contribution >= 0.6 is 0 Å². The summed E-state index contributed by atoms with van der Waals surface area (Å²) in [6.07, 6.45) is -0.328. The Morgan fingerprint density at radius 1 is 1.88 bits per heavy atom. The number of nitrogens with one attached hydrogen (secondary N) is 1. The molecule has 42 valence electrons. The summed E-state index contributed by atoms with van der Waals surface area (Å²) in [6, 6.07) is 1.54. The molecule has 0 saturated heterocycles. The number of hydrogen-bond donors (Lipinski definition) is 1. The van der Waals surface area contributed by atoms with Crippen LogP contribution in [-0.2, 0) is 4.79 Å². The lowest BCUT2D eigenvalue weighted by Crippen LogP contribution is -2.14. The number of amides is 1. The third-order valence-electron chi connectivity index (χ3n) is 0.410. The van der Waals surface area contributed by atoms with E-state index in [2.05, 4.69) is 5.29 Å². The highest BCUT2D eigenvalue weighted by molar-refractivity contribution is 5.77. The smallest absolute Gasteiger partial charge is 0.256 e. The van der Waals surface area contributed by atoms with Crippen LogP contribution in [0.3, 0.4) is 0 Å². The molecule has 0 spiro atoms. The Morgan fingerprint density at radius 3 is 2.88 bits per heavy atom. The first-order valence-electron chi connectivity index (χ1n) is 1.79. The standard InChI is InChI=1S/C3H3N3O2/c4-2-1-3(7)5-6-8/h1H2,(H,5,7,8). The van der Waals surface area contributed by atoms with Gasteiger partial charge in [0.05, 0.1) is 11.4 Å². The molecule has 0 atom stereocenters. The molecule has 5 nitrogen and oxygen atoms in total. The van der Waals surface area contributed by atoms with Gasteiger partial charge in [-0.25, -0.2) is 5.43 Å². The molecule has 5 heteroatoms. The van der Waals surface area contributed by atoms with E-state index in [0.29, 0.717) is 0 Å². The minimum atomic E-state index is -0.678. The quantitative estimate of drug-likeness (QED) is 0.394. The van der Waals surface area contributed by atoms with E-state index < -0.39 is 5.91 Å². The van der Waals surface area contributed by atoms with Crippen molar-refractivity contribution in [2.75, 3.05) is 0 Å². The highest BCUT2D eigenvalue weighted by Gasteiger charge is 1.94. The minimum absolute atomic E-state index is 0.328. The van der Waals surface area contributed by atoms with E-state index in [1.54, 1.807) is 11.5 Å². The van der Waals surface area contributed by atoms with Crippen molar-refractivity contribution in [1.29, 1.82) is 5.26 Å². The molecule has 0 aliphatic heterocycles. The van der Waals surface area contributed by atoms with Crippen LogP contribution in [0.4, 0.5) is 0 Å². The topological polar surface area (TPSA) is 82.3 Å². The van der Waals surface area contributed by atoms with Gasteiger partial charge in [0.25, 0.3) is 5.91 Å². The maximum Gasteiger partial charge on any atom is 0.256 e. The van der Waals surface area contributed by atoms with Gasteiger partial charge in [0.15, 0.2) is 0 Å². The van der Waals surface area contributed by atoms with Crippen molar-refractivity contribution >= 4 is 5.91 Å². The lowest BCUT2D eigenvalue weighted by Gasteiger charge is -1.82. The molecular weight excluding hydrogens is 110 g/mol. The van der Waals surface area contributed by atoms with Crippen molar-refractivity contribution in [3.63, 3.8) is 0 Å². The van der Waals surface area contributed by atoms with Crippen LogP contribution in [0, 0.1) is 16.2 Å². The summed E-state index contributed by atoms with van der Waals surface area (Å²) in [5, 5.41) is 9.86. The van der Waals surface area contributed by atoms with Crippen molar-refractivity contribution < 1.29 is 4.79 Å². The maximum absolute atomic E-state index is 10.0. The first-order chi connectivity index (χ1) is 3.81. The normalized spacial score (nSPS) is 6.88. The second kappa shape index (κ2) is 3.74. The van der Waals surface area contributed by atoms with Gasteiger partial charge in [0.2, 0.25) is 0 Å². The van der Waals surface area contributed by atoms with Crippen LogP contribution < -0.4 is 5.43 Å². The van der Waals surface area contributed by atoms with Crippen molar-refractivity contribution in [2.24, 2.45) is 5.29 Å². The molecule has 1 N–H and O–H groups in total. The first kappa shape index (κ1) is 6.56. The Labute approximate surface area is 45.2 Å². The number of nitroso groups, excluding NO2 is 1. The first-order valence-corrected chi connectivity index (χ1v) is 1.79. The van der Waals surface area contributed by atoms with E-state index in [0.717, 1.165) is 0 Å². The Morgan fingerprint density at radius 2 is 2.50 bits per heavy atom. The van der Waals surface area contributed by atoms with Crippen LogP contribution in [0.2, 0.25) is 0 Å². The maximum atomic E-state index is 10.0. The molecule has 0 heterocycles. The lowest BCUT2D eigenvalue weighted by molar-refractivity contribution is -0.120. The SMILES string of the molecule is N#CCC(=O)NN=O. The zero-order valence-electron chi connectivity index (χ0n) is 3.92. The van der Waals surface area contributed by atoms with Crippen LogP contribution in [0.1, 0.15) is 6.42 Å². The Bertz CT molecular complexity index is 136. The van der Waals surface area contributed by atoms with Gasteiger partial charge in [0, 0.05) is 0 Å². The number of hydrogen-bond acceptors (Lipinski definition) is 4. The van der Waals surface area contributed by atoms with Gasteiger partial charge in [-0.15, -0.1) is 4.91 Å². The molecule has 0 aromatic heterocycles. The molecule has 8 heavy (non-hydrogen) atoms. The third-order valence-corrected chi connectivity index (χ3v) is 0.410. The monoisotopic (exact) mass is 113 g/mol. The number of carbonyl (C=O) groups excluding carboxylic acids is 1. The largest absolute Gasteiger partial charge is 0.272 e. The van der Waals surface area contributed by atoms with E-state index in [4.69, 9.17) is 5.26 Å². The number of carbonyl (C=O) groups is 1. The average molecular weight is 113 g/mol. The van der Waals surface area contributed by atoms with E-state index in [-0.39, 0.29) is 6.42 Å². The molecular formula is C3H3N3O2. The fourth-order valence-electron chi connectivity index (χ4n) is 0.162. The predicted molar refractivity (Wildman–Crippen MR) is 24.2 cm³/mol. The summed E-state index contributed by atoms with van der Waals surface area (Å²) in [4.78, 5) is 19.2. The van der Waals surface area contributed by atoms with E-state index >= 15 is 0 Å². The van der Waals surface area contributed by atoms with Crippen molar-refractivity contribution in [1.82, 2.24) is 5.43 Å². The summed E-state index contributed by atoms with van der Waals surface area (Å²) in [6.45, 7) is 0. The van der Waals surface area contributed by atoms with Crippen LogP contribution in [0.5, 0.6) is 0 Å². The molecule has 0 aliphatic rings. The summed E-state index contributed by atoms with van der Waals surface area (Å²) in [5.41, 5.74) is 1.55. The van der Waals surface area contributed by atoms with Crippen LogP contribution in [0.25, 0.3) is 0 Å². The zero-order chi connectivity index (χ0) is 6.41. The molecule has 0 radical (unpaired) electrons. The van der Waals surface area contributed by atoms with Gasteiger partial charge in [0.1, 0.15) is 6.42 Å². The van der Waals surface area contributed by atoms with Gasteiger partial charge in [-0.2, -0.15) is 5.26 Å². The minimum Gasteiger partial charge on any atom is -0.272 e. The van der Waals surface area contributed by atoms with Gasteiger partial charge in [-0.1, -0.05) is 0 Å². The lowest BCUT2D eigenvalue weighted by atomic mass is 10.5. The van der Waals surface area contributed by atoms with E-state index in [1.165, 1.54) is 0 Å². The summed E-state index contributed by atoms with van der Waals surface area (Å²) < 4.78 is 0. The Balaban J connectivity index is 3.36. The second-order valence-electron chi connectivity index (χ2n) is 0.961.